The van der Waals surface area contributed by atoms with E-state index in [4.69, 9.17) is 14.0 Å². The number of nitrogens with zero attached hydrogens (tertiary/aromatic N) is 2. The molecule has 22 heavy (non-hydrogen) atoms. The summed E-state index contributed by atoms with van der Waals surface area (Å²) in [5, 5.41) is 4.20. The molecule has 2 aromatic heterocycles. The topological polar surface area (TPSA) is 62.1 Å². The molecule has 1 aliphatic heterocycles. The fourth-order valence-corrected chi connectivity index (χ4v) is 2.49. The quantitative estimate of drug-likeness (QED) is 0.620. The molecular formula is C15H19BN2O4. The van der Waals surface area contributed by atoms with Gasteiger partial charge in [0.1, 0.15) is 5.56 Å². The van der Waals surface area contributed by atoms with Gasteiger partial charge in [0.2, 0.25) is 0 Å². The smallest absolute Gasteiger partial charge is 0.465 e. The Kier molecular flexibility index (Phi) is 3.30. The molecule has 116 valence electrons. The summed E-state index contributed by atoms with van der Waals surface area (Å²) in [6, 6.07) is 3.73. The van der Waals surface area contributed by atoms with E-state index >= 15 is 0 Å². The maximum atomic E-state index is 12.0. The second kappa shape index (κ2) is 4.82. The molecule has 0 radical (unpaired) electrons. The molecule has 0 unspecified atom stereocenters. The number of methoxy groups -OCH3 is 1. The number of hydrogen-bond acceptors (Lipinski definition) is 5. The van der Waals surface area contributed by atoms with Crippen molar-refractivity contribution in [2.24, 2.45) is 0 Å². The molecule has 6 nitrogen and oxygen atoms in total. The van der Waals surface area contributed by atoms with Crippen molar-refractivity contribution in [3.8, 4) is 0 Å². The zero-order valence-electron chi connectivity index (χ0n) is 13.4. The maximum Gasteiger partial charge on any atom is 0.497 e. The number of hydrogen-bond donors (Lipinski definition) is 0. The van der Waals surface area contributed by atoms with Gasteiger partial charge in [-0.25, -0.2) is 9.31 Å². The number of fused-ring (bicyclic) bond motifs is 1. The first-order chi connectivity index (χ1) is 10.3. The van der Waals surface area contributed by atoms with Crippen molar-refractivity contribution >= 4 is 24.1 Å². The van der Waals surface area contributed by atoms with Gasteiger partial charge < -0.3 is 14.0 Å². The highest BCUT2D eigenvalue weighted by atomic mass is 16.7. The van der Waals surface area contributed by atoms with E-state index in [0.29, 0.717) is 11.1 Å². The van der Waals surface area contributed by atoms with E-state index in [1.54, 1.807) is 10.7 Å². The fraction of sp³-hybridized carbons (Fsp3) is 0.467. The van der Waals surface area contributed by atoms with Crippen molar-refractivity contribution in [1.82, 2.24) is 9.61 Å². The molecule has 0 bridgehead atoms. The Morgan fingerprint density at radius 3 is 2.50 bits per heavy atom. The normalized spacial score (nSPS) is 19.6. The van der Waals surface area contributed by atoms with Gasteiger partial charge in [-0.2, -0.15) is 5.10 Å². The molecule has 0 aliphatic carbocycles. The van der Waals surface area contributed by atoms with Gasteiger partial charge in [-0.05, 0) is 33.8 Å². The van der Waals surface area contributed by atoms with Crippen LogP contribution in [0.2, 0.25) is 0 Å². The Morgan fingerprint density at radius 2 is 1.91 bits per heavy atom. The second-order valence-corrected chi connectivity index (χ2v) is 6.39. The van der Waals surface area contributed by atoms with Crippen LogP contribution in [0.3, 0.4) is 0 Å². The Balaban J connectivity index is 2.12. The summed E-state index contributed by atoms with van der Waals surface area (Å²) in [4.78, 5) is 12.0. The number of esters is 1. The first-order valence-corrected chi connectivity index (χ1v) is 7.17. The summed E-state index contributed by atoms with van der Waals surface area (Å²) in [5.41, 5.74) is 0.908. The SMILES string of the molecule is COC(=O)c1cnn2cccc(B3OC(C)(C)C(C)(C)O3)c12. The van der Waals surface area contributed by atoms with E-state index in [9.17, 15) is 4.79 Å². The predicted molar refractivity (Wildman–Crippen MR) is 82.2 cm³/mol. The molecule has 0 saturated carbocycles. The summed E-state index contributed by atoms with van der Waals surface area (Å²) < 4.78 is 18.6. The summed E-state index contributed by atoms with van der Waals surface area (Å²) in [6.07, 6.45) is 3.27. The molecule has 0 atom stereocenters. The van der Waals surface area contributed by atoms with E-state index in [-0.39, 0.29) is 0 Å². The van der Waals surface area contributed by atoms with E-state index in [2.05, 4.69) is 5.10 Å². The minimum absolute atomic E-state index is 0.396. The Labute approximate surface area is 129 Å². The molecule has 1 fully saturated rings. The second-order valence-electron chi connectivity index (χ2n) is 6.39. The fourth-order valence-electron chi connectivity index (χ4n) is 2.49. The van der Waals surface area contributed by atoms with Crippen molar-refractivity contribution < 1.29 is 18.8 Å². The van der Waals surface area contributed by atoms with Crippen LogP contribution in [-0.2, 0) is 14.0 Å². The monoisotopic (exact) mass is 302 g/mol. The number of carbonyl (C=O) groups excluding carboxylic acids is 1. The molecular weight excluding hydrogens is 283 g/mol. The van der Waals surface area contributed by atoms with Gasteiger partial charge in [0.15, 0.2) is 0 Å². The molecule has 0 spiro atoms. The van der Waals surface area contributed by atoms with Crippen molar-refractivity contribution in [2.45, 2.75) is 38.9 Å². The Morgan fingerprint density at radius 1 is 1.27 bits per heavy atom. The lowest BCUT2D eigenvalue weighted by atomic mass is 9.78. The lowest BCUT2D eigenvalue weighted by Crippen LogP contribution is -2.41. The van der Waals surface area contributed by atoms with Crippen LogP contribution in [0.25, 0.3) is 5.52 Å². The molecule has 7 heteroatoms. The molecule has 1 aliphatic rings. The van der Waals surface area contributed by atoms with Crippen LogP contribution >= 0.6 is 0 Å². The van der Waals surface area contributed by atoms with Gasteiger partial charge in [-0.1, -0.05) is 6.07 Å². The van der Waals surface area contributed by atoms with E-state index < -0.39 is 24.3 Å². The van der Waals surface area contributed by atoms with Gasteiger partial charge in [0.05, 0.1) is 30.0 Å². The third-order valence-electron chi connectivity index (χ3n) is 4.48. The minimum Gasteiger partial charge on any atom is -0.465 e. The zero-order chi connectivity index (χ0) is 16.1. The third kappa shape index (κ3) is 2.12. The molecule has 3 rings (SSSR count). The van der Waals surface area contributed by atoms with Crippen molar-refractivity contribution in [3.63, 3.8) is 0 Å². The average Bonchev–Trinajstić information content (AvgIpc) is 2.97. The van der Waals surface area contributed by atoms with E-state index in [1.807, 2.05) is 39.8 Å². The van der Waals surface area contributed by atoms with Crippen molar-refractivity contribution in [1.29, 1.82) is 0 Å². The highest BCUT2D eigenvalue weighted by Crippen LogP contribution is 2.36. The zero-order valence-corrected chi connectivity index (χ0v) is 13.4. The van der Waals surface area contributed by atoms with Gasteiger partial charge in [0, 0.05) is 11.7 Å². The number of aromatic nitrogens is 2. The average molecular weight is 302 g/mol. The largest absolute Gasteiger partial charge is 0.497 e. The lowest BCUT2D eigenvalue weighted by molar-refractivity contribution is 0.00578. The van der Waals surface area contributed by atoms with Gasteiger partial charge in [-0.3, -0.25) is 0 Å². The number of rotatable bonds is 2. The summed E-state index contributed by atoms with van der Waals surface area (Å²) >= 11 is 0. The van der Waals surface area contributed by atoms with Crippen molar-refractivity contribution in [2.75, 3.05) is 7.11 Å². The number of carbonyl (C=O) groups is 1. The first-order valence-electron chi connectivity index (χ1n) is 7.17. The lowest BCUT2D eigenvalue weighted by Gasteiger charge is -2.32. The highest BCUT2D eigenvalue weighted by molar-refractivity contribution is 6.64. The maximum absolute atomic E-state index is 12.0. The summed E-state index contributed by atoms with van der Waals surface area (Å²) in [7, 11) is 0.789. The van der Waals surface area contributed by atoms with Crippen LogP contribution in [0.15, 0.2) is 24.5 Å². The molecule has 0 N–H and O–H groups in total. The highest BCUT2D eigenvalue weighted by Gasteiger charge is 2.52. The van der Waals surface area contributed by atoms with Crippen LogP contribution in [0.5, 0.6) is 0 Å². The predicted octanol–water partition coefficient (Wildman–Crippen LogP) is 1.42. The van der Waals surface area contributed by atoms with E-state index in [0.717, 1.165) is 5.46 Å². The van der Waals surface area contributed by atoms with Gasteiger partial charge in [0.25, 0.3) is 0 Å². The van der Waals surface area contributed by atoms with Gasteiger partial charge >= 0.3 is 13.1 Å². The standard InChI is InChI=1S/C15H19BN2O4/c1-14(2)15(3,4)22-16(21-14)11-7-6-8-18-12(11)10(9-17-18)13(19)20-5/h6-9H,1-5H3. The van der Waals surface area contributed by atoms with Crippen LogP contribution in [0, 0.1) is 0 Å². The first kappa shape index (κ1) is 15.1. The number of pyridine rings is 1. The summed E-state index contributed by atoms with van der Waals surface area (Å²) in [6.45, 7) is 7.96. The van der Waals surface area contributed by atoms with E-state index in [1.165, 1.54) is 13.3 Å². The van der Waals surface area contributed by atoms with Gasteiger partial charge in [-0.15, -0.1) is 0 Å². The van der Waals surface area contributed by atoms with Crippen LogP contribution in [-0.4, -0.2) is 41.0 Å². The molecule has 0 amide bonds. The Hall–Kier alpha value is -1.86. The molecule has 0 aromatic carbocycles. The van der Waals surface area contributed by atoms with Crippen LogP contribution < -0.4 is 5.46 Å². The minimum atomic E-state index is -0.561. The molecule has 1 saturated heterocycles. The molecule has 3 heterocycles. The van der Waals surface area contributed by atoms with Crippen molar-refractivity contribution in [3.05, 3.63) is 30.1 Å². The Bertz CT molecular complexity index is 722. The number of ether oxygens (including phenoxy) is 1. The van der Waals surface area contributed by atoms with Crippen LogP contribution in [0.4, 0.5) is 0 Å². The third-order valence-corrected chi connectivity index (χ3v) is 4.48. The van der Waals surface area contributed by atoms with Crippen LogP contribution in [0.1, 0.15) is 38.1 Å². The molecule has 2 aromatic rings. The summed E-state index contributed by atoms with van der Waals surface area (Å²) in [5.74, 6) is -0.432.